The van der Waals surface area contributed by atoms with E-state index in [2.05, 4.69) is 22.4 Å². The molecule has 0 saturated carbocycles. The van der Waals surface area contributed by atoms with E-state index in [4.69, 9.17) is 23.8 Å². The average Bonchev–Trinajstić information content (AvgIpc) is 2.33. The lowest BCUT2D eigenvalue weighted by Gasteiger charge is -2.06. The molecular weight excluding hydrogens is 254 g/mol. The van der Waals surface area contributed by atoms with E-state index >= 15 is 0 Å². The number of rotatable bonds is 4. The van der Waals surface area contributed by atoms with Crippen molar-refractivity contribution in [2.24, 2.45) is 5.10 Å². The minimum absolute atomic E-state index is 0.464. The van der Waals surface area contributed by atoms with Crippen LogP contribution in [0.3, 0.4) is 0 Å². The van der Waals surface area contributed by atoms with E-state index in [1.807, 2.05) is 31.2 Å². The van der Waals surface area contributed by atoms with Gasteiger partial charge in [-0.3, -0.25) is 5.43 Å². The lowest BCUT2D eigenvalue weighted by atomic mass is 10.1. The summed E-state index contributed by atoms with van der Waals surface area (Å²) < 4.78 is 0. The lowest BCUT2D eigenvalue weighted by molar-refractivity contribution is 0.936. The molecule has 0 spiro atoms. The summed E-state index contributed by atoms with van der Waals surface area (Å²) in [6.07, 6.45) is 1.72. The summed E-state index contributed by atoms with van der Waals surface area (Å²) >= 11 is 10.9. The van der Waals surface area contributed by atoms with Gasteiger partial charge in [-0.15, -0.1) is 6.58 Å². The van der Waals surface area contributed by atoms with Gasteiger partial charge in [0.05, 0.1) is 5.71 Å². The highest BCUT2D eigenvalue weighted by molar-refractivity contribution is 7.80. The van der Waals surface area contributed by atoms with Crippen molar-refractivity contribution in [1.82, 2.24) is 10.7 Å². The molecule has 1 rings (SSSR count). The predicted molar refractivity (Wildman–Crippen MR) is 77.6 cm³/mol. The first-order valence-corrected chi connectivity index (χ1v) is 5.87. The fourth-order valence-electron chi connectivity index (χ4n) is 1.12. The zero-order valence-electron chi connectivity index (χ0n) is 9.53. The summed E-state index contributed by atoms with van der Waals surface area (Å²) in [6.45, 7) is 6.08. The smallest absolute Gasteiger partial charge is 0.187 e. The zero-order valence-corrected chi connectivity index (χ0v) is 11.1. The van der Waals surface area contributed by atoms with Crippen LogP contribution in [0, 0.1) is 0 Å². The summed E-state index contributed by atoms with van der Waals surface area (Å²) in [5.74, 6) is 0. The van der Waals surface area contributed by atoms with Gasteiger partial charge in [0.2, 0.25) is 0 Å². The van der Waals surface area contributed by atoms with Gasteiger partial charge in [0.15, 0.2) is 5.11 Å². The molecule has 1 aromatic rings. The molecule has 17 heavy (non-hydrogen) atoms. The van der Waals surface area contributed by atoms with Crippen LogP contribution in [0.15, 0.2) is 42.0 Å². The summed E-state index contributed by atoms with van der Waals surface area (Å²) in [7, 11) is 0. The topological polar surface area (TPSA) is 36.4 Å². The first-order chi connectivity index (χ1) is 8.13. The largest absolute Gasteiger partial charge is 0.358 e. The highest BCUT2D eigenvalue weighted by atomic mass is 35.5. The summed E-state index contributed by atoms with van der Waals surface area (Å²) in [5.41, 5.74) is 4.52. The maximum atomic E-state index is 5.90. The van der Waals surface area contributed by atoms with Crippen LogP contribution in [-0.2, 0) is 0 Å². The van der Waals surface area contributed by atoms with Crippen LogP contribution in [0.4, 0.5) is 0 Å². The van der Waals surface area contributed by atoms with Crippen molar-refractivity contribution in [2.75, 3.05) is 6.54 Å². The van der Waals surface area contributed by atoms with Gasteiger partial charge < -0.3 is 5.32 Å². The Hall–Kier alpha value is -1.39. The van der Waals surface area contributed by atoms with Gasteiger partial charge in [0.25, 0.3) is 0 Å². The molecule has 0 bridgehead atoms. The number of halogens is 1. The van der Waals surface area contributed by atoms with Crippen molar-refractivity contribution in [3.05, 3.63) is 47.5 Å². The standard InChI is InChI=1S/C12H14ClN3S/c1-3-7-14-12(17)16-15-9(2)10-5-4-6-11(13)8-10/h3-6,8H,1,7H2,2H3,(H2,14,16,17)/b15-9-. The Morgan fingerprint density at radius 2 is 2.35 bits per heavy atom. The fraction of sp³-hybridized carbons (Fsp3) is 0.167. The second-order valence-electron chi connectivity index (χ2n) is 3.32. The first kappa shape index (κ1) is 13.7. The molecular formula is C12H14ClN3S. The molecule has 0 aliphatic heterocycles. The third kappa shape index (κ3) is 4.97. The van der Waals surface area contributed by atoms with Crippen LogP contribution in [0.1, 0.15) is 12.5 Å². The number of hydrazone groups is 1. The fourth-order valence-corrected chi connectivity index (χ4v) is 1.44. The summed E-state index contributed by atoms with van der Waals surface area (Å²) in [5, 5.41) is 8.23. The van der Waals surface area contributed by atoms with Crippen LogP contribution < -0.4 is 10.7 Å². The number of hydrogen-bond donors (Lipinski definition) is 2. The van der Waals surface area contributed by atoms with E-state index in [0.717, 1.165) is 11.3 Å². The Morgan fingerprint density at radius 3 is 3.00 bits per heavy atom. The molecule has 0 fully saturated rings. The van der Waals surface area contributed by atoms with E-state index in [-0.39, 0.29) is 0 Å². The molecule has 5 heteroatoms. The Bertz CT molecular complexity index is 443. The van der Waals surface area contributed by atoms with Crippen molar-refractivity contribution in [1.29, 1.82) is 0 Å². The molecule has 0 atom stereocenters. The SMILES string of the molecule is C=CCNC(=S)N/N=C(/C)c1cccc(Cl)c1. The summed E-state index contributed by atoms with van der Waals surface area (Å²) in [4.78, 5) is 0. The van der Waals surface area contributed by atoms with Crippen molar-refractivity contribution in [3.63, 3.8) is 0 Å². The molecule has 0 unspecified atom stereocenters. The van der Waals surface area contributed by atoms with Gasteiger partial charge in [0.1, 0.15) is 0 Å². The lowest BCUT2D eigenvalue weighted by Crippen LogP contribution is -2.32. The number of nitrogens with zero attached hydrogens (tertiary/aromatic N) is 1. The van der Waals surface area contributed by atoms with Gasteiger partial charge in [-0.2, -0.15) is 5.10 Å². The maximum absolute atomic E-state index is 5.90. The minimum atomic E-state index is 0.464. The molecule has 0 saturated heterocycles. The van der Waals surface area contributed by atoms with E-state index < -0.39 is 0 Å². The van der Waals surface area contributed by atoms with Crippen LogP contribution in [-0.4, -0.2) is 17.4 Å². The van der Waals surface area contributed by atoms with E-state index in [9.17, 15) is 0 Å². The minimum Gasteiger partial charge on any atom is -0.358 e. The summed E-state index contributed by atoms with van der Waals surface area (Å²) in [6, 6.07) is 7.49. The number of hydrogen-bond acceptors (Lipinski definition) is 2. The highest BCUT2D eigenvalue weighted by Gasteiger charge is 1.98. The average molecular weight is 268 g/mol. The highest BCUT2D eigenvalue weighted by Crippen LogP contribution is 2.11. The zero-order chi connectivity index (χ0) is 12.7. The van der Waals surface area contributed by atoms with Gasteiger partial charge >= 0.3 is 0 Å². The second-order valence-corrected chi connectivity index (χ2v) is 4.16. The monoisotopic (exact) mass is 267 g/mol. The Balaban J connectivity index is 2.60. The molecule has 0 radical (unpaired) electrons. The molecule has 0 aliphatic carbocycles. The number of benzene rings is 1. The van der Waals surface area contributed by atoms with Crippen LogP contribution in [0.5, 0.6) is 0 Å². The van der Waals surface area contributed by atoms with E-state index in [0.29, 0.717) is 16.7 Å². The maximum Gasteiger partial charge on any atom is 0.187 e. The van der Waals surface area contributed by atoms with E-state index in [1.165, 1.54) is 0 Å². The molecule has 90 valence electrons. The molecule has 2 N–H and O–H groups in total. The predicted octanol–water partition coefficient (Wildman–Crippen LogP) is 2.71. The Labute approximate surface area is 112 Å². The van der Waals surface area contributed by atoms with Crippen LogP contribution >= 0.6 is 23.8 Å². The molecule has 3 nitrogen and oxygen atoms in total. The van der Waals surface area contributed by atoms with E-state index in [1.54, 1.807) is 6.08 Å². The molecule has 0 aliphatic rings. The first-order valence-electron chi connectivity index (χ1n) is 5.08. The van der Waals surface area contributed by atoms with Crippen molar-refractivity contribution < 1.29 is 0 Å². The third-order valence-corrected chi connectivity index (χ3v) is 2.45. The van der Waals surface area contributed by atoms with Crippen molar-refractivity contribution in [3.8, 4) is 0 Å². The second kappa shape index (κ2) is 7.04. The van der Waals surface area contributed by atoms with Gasteiger partial charge in [-0.25, -0.2) is 0 Å². The molecule has 0 amide bonds. The Morgan fingerprint density at radius 1 is 1.59 bits per heavy atom. The molecule has 1 aromatic carbocycles. The Kier molecular flexibility index (Phi) is 5.66. The van der Waals surface area contributed by atoms with Gasteiger partial charge in [0, 0.05) is 11.6 Å². The van der Waals surface area contributed by atoms with Gasteiger partial charge in [-0.05, 0) is 36.8 Å². The molecule has 0 aromatic heterocycles. The van der Waals surface area contributed by atoms with Crippen LogP contribution in [0.25, 0.3) is 0 Å². The quantitative estimate of drug-likeness (QED) is 0.381. The third-order valence-electron chi connectivity index (χ3n) is 1.97. The van der Waals surface area contributed by atoms with Gasteiger partial charge in [-0.1, -0.05) is 29.8 Å². The van der Waals surface area contributed by atoms with Crippen molar-refractivity contribution >= 4 is 34.6 Å². The number of nitrogens with one attached hydrogen (secondary N) is 2. The van der Waals surface area contributed by atoms with Crippen LogP contribution in [0.2, 0.25) is 5.02 Å². The molecule has 0 heterocycles. The van der Waals surface area contributed by atoms with Crippen molar-refractivity contribution in [2.45, 2.75) is 6.92 Å². The number of thiocarbonyl (C=S) groups is 1. The normalized spacial score (nSPS) is 10.8.